The summed E-state index contributed by atoms with van der Waals surface area (Å²) in [6.45, 7) is 4.91. The molecule has 1 spiro atoms. The van der Waals surface area contributed by atoms with Crippen LogP contribution in [0.25, 0.3) is 11.0 Å². The quantitative estimate of drug-likeness (QED) is 0.683. The first-order chi connectivity index (χ1) is 15.3. The fraction of sp³-hybridized carbons (Fsp3) is 0.478. The summed E-state index contributed by atoms with van der Waals surface area (Å²) in [4.78, 5) is 21.1. The summed E-state index contributed by atoms with van der Waals surface area (Å²) in [6.07, 6.45) is 12.0. The minimum Gasteiger partial charge on any atom is -0.368 e. The Morgan fingerprint density at radius 2 is 1.87 bits per heavy atom. The molecule has 2 aliphatic heterocycles. The number of aromatic nitrogens is 4. The highest BCUT2D eigenvalue weighted by atomic mass is 15.2. The van der Waals surface area contributed by atoms with Crippen LogP contribution in [0.4, 0.5) is 17.5 Å². The SMILES string of the molecule is C1=NCC2(CCCCC2)n2c1cc1cnc(Nc3ccc(N4CCNCC4)cn3)nc12. The lowest BCUT2D eigenvalue weighted by atomic mass is 9.80. The van der Waals surface area contributed by atoms with Crippen LogP contribution in [0.2, 0.25) is 0 Å². The summed E-state index contributed by atoms with van der Waals surface area (Å²) < 4.78 is 2.43. The van der Waals surface area contributed by atoms with Crippen LogP contribution in [0.3, 0.4) is 0 Å². The van der Waals surface area contributed by atoms with Crippen molar-refractivity contribution in [3.8, 4) is 0 Å². The van der Waals surface area contributed by atoms with Gasteiger partial charge in [-0.05, 0) is 31.0 Å². The first kappa shape index (κ1) is 18.7. The maximum absolute atomic E-state index is 4.93. The Balaban J connectivity index is 1.29. The Labute approximate surface area is 181 Å². The van der Waals surface area contributed by atoms with Gasteiger partial charge in [0.25, 0.3) is 0 Å². The van der Waals surface area contributed by atoms with Gasteiger partial charge in [0.05, 0.1) is 29.7 Å². The van der Waals surface area contributed by atoms with E-state index in [2.05, 4.69) is 42.2 Å². The molecule has 3 aromatic rings. The van der Waals surface area contributed by atoms with Crippen molar-refractivity contribution in [3.63, 3.8) is 0 Å². The zero-order valence-corrected chi connectivity index (χ0v) is 17.7. The van der Waals surface area contributed by atoms with Crippen LogP contribution in [-0.4, -0.2) is 58.5 Å². The summed E-state index contributed by atoms with van der Waals surface area (Å²) >= 11 is 0. The number of piperazine rings is 1. The van der Waals surface area contributed by atoms with E-state index in [4.69, 9.17) is 9.98 Å². The average Bonchev–Trinajstić information content (AvgIpc) is 3.20. The molecule has 3 aliphatic rings. The van der Waals surface area contributed by atoms with E-state index >= 15 is 0 Å². The molecule has 2 N–H and O–H groups in total. The van der Waals surface area contributed by atoms with Crippen molar-refractivity contribution in [1.29, 1.82) is 0 Å². The maximum atomic E-state index is 4.93. The molecule has 0 radical (unpaired) electrons. The van der Waals surface area contributed by atoms with Crippen LogP contribution in [0.5, 0.6) is 0 Å². The molecule has 0 unspecified atom stereocenters. The lowest BCUT2D eigenvalue weighted by Gasteiger charge is -2.40. The van der Waals surface area contributed by atoms with Crippen LogP contribution in [0.1, 0.15) is 37.8 Å². The summed E-state index contributed by atoms with van der Waals surface area (Å²) in [5, 5.41) is 7.76. The van der Waals surface area contributed by atoms with E-state index in [1.54, 1.807) is 0 Å². The monoisotopic (exact) mass is 416 g/mol. The molecule has 1 saturated heterocycles. The largest absolute Gasteiger partial charge is 0.368 e. The van der Waals surface area contributed by atoms with Crippen molar-refractivity contribution in [2.45, 2.75) is 37.6 Å². The highest BCUT2D eigenvalue weighted by Gasteiger charge is 2.38. The van der Waals surface area contributed by atoms with Crippen LogP contribution in [0.15, 0.2) is 35.6 Å². The Bertz CT molecular complexity index is 1100. The van der Waals surface area contributed by atoms with Crippen molar-refractivity contribution < 1.29 is 0 Å². The minimum absolute atomic E-state index is 0.0684. The lowest BCUT2D eigenvalue weighted by Crippen LogP contribution is -2.43. The first-order valence-electron chi connectivity index (χ1n) is 11.4. The summed E-state index contributed by atoms with van der Waals surface area (Å²) in [5.74, 6) is 1.35. The third-order valence-corrected chi connectivity index (χ3v) is 6.91. The molecule has 1 saturated carbocycles. The van der Waals surface area contributed by atoms with Crippen LogP contribution in [0, 0.1) is 0 Å². The number of anilines is 3. The number of aliphatic imine (C=N–C) groups is 1. The smallest absolute Gasteiger partial charge is 0.230 e. The van der Waals surface area contributed by atoms with E-state index < -0.39 is 0 Å². The van der Waals surface area contributed by atoms with E-state index in [0.717, 1.165) is 61.0 Å². The molecule has 31 heavy (non-hydrogen) atoms. The minimum atomic E-state index is 0.0684. The Hall–Kier alpha value is -3.00. The molecule has 6 rings (SSSR count). The van der Waals surface area contributed by atoms with Gasteiger partial charge in [-0.3, -0.25) is 4.99 Å². The molecule has 2 fully saturated rings. The summed E-state index contributed by atoms with van der Waals surface area (Å²) in [7, 11) is 0. The molecular formula is C23H28N8. The molecule has 3 aromatic heterocycles. The van der Waals surface area contributed by atoms with Crippen molar-refractivity contribution >= 4 is 34.7 Å². The van der Waals surface area contributed by atoms with Gasteiger partial charge in [0.15, 0.2) is 0 Å². The van der Waals surface area contributed by atoms with Crippen molar-refractivity contribution in [2.75, 3.05) is 42.9 Å². The number of nitrogens with one attached hydrogen (secondary N) is 2. The van der Waals surface area contributed by atoms with Gasteiger partial charge in [0, 0.05) is 44.0 Å². The number of hydrogen-bond acceptors (Lipinski definition) is 7. The second kappa shape index (κ2) is 7.60. The van der Waals surface area contributed by atoms with Gasteiger partial charge in [-0.15, -0.1) is 0 Å². The van der Waals surface area contributed by atoms with E-state index in [9.17, 15) is 0 Å². The van der Waals surface area contributed by atoms with E-state index in [-0.39, 0.29) is 5.54 Å². The number of rotatable bonds is 3. The van der Waals surface area contributed by atoms with Gasteiger partial charge in [-0.1, -0.05) is 19.3 Å². The average molecular weight is 417 g/mol. The fourth-order valence-electron chi connectivity index (χ4n) is 5.32. The number of hydrogen-bond donors (Lipinski definition) is 2. The van der Waals surface area contributed by atoms with Crippen molar-refractivity contribution in [3.05, 3.63) is 36.3 Å². The molecule has 0 bridgehead atoms. The number of nitrogens with zero attached hydrogens (tertiary/aromatic N) is 6. The predicted molar refractivity (Wildman–Crippen MR) is 124 cm³/mol. The summed E-state index contributed by atoms with van der Waals surface area (Å²) in [5.41, 5.74) is 3.37. The molecule has 0 amide bonds. The molecule has 0 atom stereocenters. The predicted octanol–water partition coefficient (Wildman–Crippen LogP) is 3.07. The molecule has 8 nitrogen and oxygen atoms in total. The number of fused-ring (bicyclic) bond motifs is 4. The third-order valence-electron chi connectivity index (χ3n) is 6.91. The molecule has 160 valence electrons. The first-order valence-corrected chi connectivity index (χ1v) is 11.4. The zero-order valence-electron chi connectivity index (χ0n) is 17.7. The van der Waals surface area contributed by atoms with Crippen LogP contribution < -0.4 is 15.5 Å². The molecule has 8 heteroatoms. The fourth-order valence-corrected chi connectivity index (χ4v) is 5.32. The van der Waals surface area contributed by atoms with Gasteiger partial charge in [0.2, 0.25) is 5.95 Å². The second-order valence-corrected chi connectivity index (χ2v) is 8.90. The highest BCUT2D eigenvalue weighted by molar-refractivity contribution is 5.90. The van der Waals surface area contributed by atoms with Gasteiger partial charge in [-0.2, -0.15) is 4.98 Å². The second-order valence-electron chi connectivity index (χ2n) is 8.90. The maximum Gasteiger partial charge on any atom is 0.230 e. The zero-order chi connectivity index (χ0) is 20.7. The lowest BCUT2D eigenvalue weighted by molar-refractivity contribution is 0.204. The third kappa shape index (κ3) is 3.35. The highest BCUT2D eigenvalue weighted by Crippen LogP contribution is 2.40. The van der Waals surface area contributed by atoms with Gasteiger partial charge < -0.3 is 20.1 Å². The number of pyridine rings is 1. The van der Waals surface area contributed by atoms with Gasteiger partial charge >= 0.3 is 0 Å². The normalized spacial score (nSPS) is 20.2. The Morgan fingerprint density at radius 1 is 1.00 bits per heavy atom. The standard InChI is InChI=1S/C23H28N8/c1-2-6-23(7-3-1)16-25-14-19-12-17-13-27-22(29-21(17)31(19)23)28-20-5-4-18(15-26-20)30-10-8-24-9-11-30/h4-5,12-15,24H,1-3,6-11,16H2,(H,26,27,28,29). The molecule has 5 heterocycles. The molecular weight excluding hydrogens is 388 g/mol. The van der Waals surface area contributed by atoms with E-state index in [0.29, 0.717) is 5.95 Å². The van der Waals surface area contributed by atoms with Crippen LogP contribution in [-0.2, 0) is 5.54 Å². The van der Waals surface area contributed by atoms with E-state index in [1.807, 2.05) is 24.7 Å². The van der Waals surface area contributed by atoms with Gasteiger partial charge in [0.1, 0.15) is 11.5 Å². The topological polar surface area (TPSA) is 83.3 Å². The van der Waals surface area contributed by atoms with Crippen LogP contribution >= 0.6 is 0 Å². The molecule has 0 aromatic carbocycles. The van der Waals surface area contributed by atoms with E-state index in [1.165, 1.54) is 32.1 Å². The van der Waals surface area contributed by atoms with Crippen molar-refractivity contribution in [1.82, 2.24) is 24.8 Å². The molecule has 1 aliphatic carbocycles. The summed E-state index contributed by atoms with van der Waals surface area (Å²) in [6, 6.07) is 6.29. The Morgan fingerprint density at radius 3 is 2.68 bits per heavy atom. The van der Waals surface area contributed by atoms with Crippen molar-refractivity contribution in [2.24, 2.45) is 4.99 Å². The van der Waals surface area contributed by atoms with Gasteiger partial charge in [-0.25, -0.2) is 9.97 Å². The Kier molecular flexibility index (Phi) is 4.60.